The van der Waals surface area contributed by atoms with Crippen LogP contribution in [-0.4, -0.2) is 31.9 Å². The fourth-order valence-electron chi connectivity index (χ4n) is 4.48. The Morgan fingerprint density at radius 3 is 2.37 bits per heavy atom. The predicted molar refractivity (Wildman–Crippen MR) is 136 cm³/mol. The number of ether oxygens (including phenoxy) is 1. The van der Waals surface area contributed by atoms with E-state index >= 15 is 0 Å². The lowest BCUT2D eigenvalue weighted by molar-refractivity contribution is -0.125. The second kappa shape index (κ2) is 10.4. The minimum Gasteiger partial charge on any atom is -0.497 e. The SMILES string of the molecule is CNC(=O)c1cccc(NC(=O)[C@@H]2CCC(=O)N(c3ccc(C)cc3)[C@@H]2c2ccc(OC)cc2)c1. The average molecular weight is 472 g/mol. The largest absolute Gasteiger partial charge is 0.497 e. The first-order chi connectivity index (χ1) is 16.9. The molecule has 3 aromatic rings. The van der Waals surface area contributed by atoms with E-state index in [-0.39, 0.29) is 24.1 Å². The number of piperidine rings is 1. The Morgan fingerprint density at radius 2 is 1.71 bits per heavy atom. The van der Waals surface area contributed by atoms with Crippen LogP contribution in [0.2, 0.25) is 0 Å². The number of methoxy groups -OCH3 is 1. The van der Waals surface area contributed by atoms with Crippen molar-refractivity contribution in [2.24, 2.45) is 5.92 Å². The van der Waals surface area contributed by atoms with Gasteiger partial charge in [0.25, 0.3) is 5.91 Å². The molecule has 1 aliphatic rings. The Balaban J connectivity index is 1.70. The lowest BCUT2D eigenvalue weighted by atomic mass is 9.83. The van der Waals surface area contributed by atoms with Gasteiger partial charge in [-0.2, -0.15) is 0 Å². The fourth-order valence-corrected chi connectivity index (χ4v) is 4.48. The van der Waals surface area contributed by atoms with Crippen molar-refractivity contribution in [2.75, 3.05) is 24.4 Å². The van der Waals surface area contributed by atoms with E-state index in [1.54, 1.807) is 43.3 Å². The van der Waals surface area contributed by atoms with Crippen molar-refractivity contribution in [1.82, 2.24) is 5.32 Å². The molecular formula is C28H29N3O4. The van der Waals surface area contributed by atoms with Gasteiger partial charge >= 0.3 is 0 Å². The Hall–Kier alpha value is -4.13. The molecule has 4 rings (SSSR count). The molecule has 2 N–H and O–H groups in total. The van der Waals surface area contributed by atoms with Crippen molar-refractivity contribution in [3.63, 3.8) is 0 Å². The second-order valence-corrected chi connectivity index (χ2v) is 8.61. The van der Waals surface area contributed by atoms with Gasteiger partial charge in [-0.05, 0) is 61.4 Å². The van der Waals surface area contributed by atoms with Gasteiger partial charge in [0.1, 0.15) is 5.75 Å². The van der Waals surface area contributed by atoms with Gasteiger partial charge in [-0.3, -0.25) is 14.4 Å². The number of hydrogen-bond donors (Lipinski definition) is 2. The summed E-state index contributed by atoms with van der Waals surface area (Å²) in [5.74, 6) is -0.258. The summed E-state index contributed by atoms with van der Waals surface area (Å²) in [7, 11) is 3.16. The van der Waals surface area contributed by atoms with Crippen LogP contribution in [0.1, 0.15) is 40.4 Å². The summed E-state index contributed by atoms with van der Waals surface area (Å²) in [6.45, 7) is 1.99. The quantitative estimate of drug-likeness (QED) is 0.555. The molecular weight excluding hydrogens is 442 g/mol. The molecule has 1 aliphatic heterocycles. The van der Waals surface area contributed by atoms with Crippen molar-refractivity contribution in [3.8, 4) is 5.75 Å². The minimum absolute atomic E-state index is 0.0275. The van der Waals surface area contributed by atoms with Gasteiger partial charge in [-0.1, -0.05) is 35.9 Å². The molecule has 35 heavy (non-hydrogen) atoms. The van der Waals surface area contributed by atoms with Crippen LogP contribution in [-0.2, 0) is 9.59 Å². The first kappa shape index (κ1) is 24.0. The number of benzene rings is 3. The Labute approximate surface area is 205 Å². The molecule has 0 spiro atoms. The second-order valence-electron chi connectivity index (χ2n) is 8.61. The number of anilines is 2. The molecule has 0 aromatic heterocycles. The van der Waals surface area contributed by atoms with Crippen molar-refractivity contribution < 1.29 is 19.1 Å². The zero-order valence-electron chi connectivity index (χ0n) is 20.1. The highest BCUT2D eigenvalue weighted by atomic mass is 16.5. The van der Waals surface area contributed by atoms with Crippen molar-refractivity contribution in [3.05, 3.63) is 89.5 Å². The molecule has 0 unspecified atom stereocenters. The van der Waals surface area contributed by atoms with E-state index in [1.807, 2.05) is 55.5 Å². The van der Waals surface area contributed by atoms with E-state index in [4.69, 9.17) is 4.74 Å². The molecule has 0 aliphatic carbocycles. The van der Waals surface area contributed by atoms with E-state index in [9.17, 15) is 14.4 Å². The number of nitrogens with one attached hydrogen (secondary N) is 2. The van der Waals surface area contributed by atoms with Crippen molar-refractivity contribution in [1.29, 1.82) is 0 Å². The van der Waals surface area contributed by atoms with Gasteiger partial charge in [-0.25, -0.2) is 0 Å². The summed E-state index contributed by atoms with van der Waals surface area (Å²) in [5.41, 5.74) is 3.67. The molecule has 3 aromatic carbocycles. The first-order valence-electron chi connectivity index (χ1n) is 11.6. The molecule has 3 amide bonds. The maximum Gasteiger partial charge on any atom is 0.251 e. The van der Waals surface area contributed by atoms with Gasteiger partial charge in [0.05, 0.1) is 19.1 Å². The molecule has 180 valence electrons. The summed E-state index contributed by atoms with van der Waals surface area (Å²) in [6, 6.07) is 21.5. The summed E-state index contributed by atoms with van der Waals surface area (Å²) < 4.78 is 5.30. The van der Waals surface area contributed by atoms with Crippen LogP contribution >= 0.6 is 0 Å². The fraction of sp³-hybridized carbons (Fsp3) is 0.250. The van der Waals surface area contributed by atoms with E-state index in [1.165, 1.54) is 0 Å². The maximum atomic E-state index is 13.6. The number of rotatable bonds is 6. The van der Waals surface area contributed by atoms with Gasteiger partial charge in [-0.15, -0.1) is 0 Å². The number of carbonyl (C=O) groups excluding carboxylic acids is 3. The van der Waals surface area contributed by atoms with Crippen LogP contribution in [0.5, 0.6) is 5.75 Å². The first-order valence-corrected chi connectivity index (χ1v) is 11.6. The molecule has 1 heterocycles. The smallest absolute Gasteiger partial charge is 0.251 e. The lowest BCUT2D eigenvalue weighted by Gasteiger charge is -2.41. The molecule has 0 bridgehead atoms. The summed E-state index contributed by atoms with van der Waals surface area (Å²) >= 11 is 0. The van der Waals surface area contributed by atoms with E-state index in [0.29, 0.717) is 23.4 Å². The maximum absolute atomic E-state index is 13.6. The van der Waals surface area contributed by atoms with E-state index in [2.05, 4.69) is 10.6 Å². The summed E-state index contributed by atoms with van der Waals surface area (Å²) in [6.07, 6.45) is 0.676. The highest BCUT2D eigenvalue weighted by Gasteiger charge is 2.41. The van der Waals surface area contributed by atoms with Crippen LogP contribution in [0.3, 0.4) is 0 Å². The van der Waals surface area contributed by atoms with Gasteiger partial charge in [0.2, 0.25) is 11.8 Å². The Bertz CT molecular complexity index is 1220. The van der Waals surface area contributed by atoms with E-state index in [0.717, 1.165) is 16.8 Å². The van der Waals surface area contributed by atoms with Crippen molar-refractivity contribution >= 4 is 29.1 Å². The molecule has 7 heteroatoms. The third-order valence-corrected chi connectivity index (χ3v) is 6.32. The van der Waals surface area contributed by atoms with Crippen LogP contribution in [0.25, 0.3) is 0 Å². The standard InChI is InChI=1S/C28H29N3O4/c1-18-7-11-22(12-8-18)31-25(32)16-15-24(26(31)19-9-13-23(35-3)14-10-19)28(34)30-21-6-4-5-20(17-21)27(33)29-2/h4-14,17,24,26H,15-16H2,1-3H3,(H,29,33)(H,30,34)/t24-,26-/m1/s1. The van der Waals surface area contributed by atoms with Gasteiger partial charge in [0.15, 0.2) is 0 Å². The molecule has 0 saturated carbocycles. The van der Waals surface area contributed by atoms with E-state index < -0.39 is 12.0 Å². The van der Waals surface area contributed by atoms with Crippen LogP contribution in [0.15, 0.2) is 72.8 Å². The third kappa shape index (κ3) is 5.19. The number of amides is 3. The molecule has 1 saturated heterocycles. The summed E-state index contributed by atoms with van der Waals surface area (Å²) in [4.78, 5) is 40.5. The molecule has 1 fully saturated rings. The number of nitrogens with zero attached hydrogens (tertiary/aromatic N) is 1. The number of carbonyl (C=O) groups is 3. The molecule has 0 radical (unpaired) electrons. The number of aryl methyl sites for hydroxylation is 1. The predicted octanol–water partition coefficient (Wildman–Crippen LogP) is 4.49. The highest BCUT2D eigenvalue weighted by Crippen LogP contribution is 2.41. The summed E-state index contributed by atoms with van der Waals surface area (Å²) in [5, 5.41) is 5.56. The third-order valence-electron chi connectivity index (χ3n) is 6.32. The number of hydrogen-bond acceptors (Lipinski definition) is 4. The topological polar surface area (TPSA) is 87.7 Å². The minimum atomic E-state index is -0.494. The van der Waals surface area contributed by atoms with Crippen LogP contribution in [0.4, 0.5) is 11.4 Å². The highest BCUT2D eigenvalue weighted by molar-refractivity contribution is 6.01. The normalized spacial score (nSPS) is 17.6. The van der Waals surface area contributed by atoms with Crippen LogP contribution in [0, 0.1) is 12.8 Å². The van der Waals surface area contributed by atoms with Gasteiger partial charge < -0.3 is 20.3 Å². The average Bonchev–Trinajstić information content (AvgIpc) is 2.88. The molecule has 2 atom stereocenters. The zero-order chi connectivity index (χ0) is 24.9. The van der Waals surface area contributed by atoms with Crippen molar-refractivity contribution in [2.45, 2.75) is 25.8 Å². The lowest BCUT2D eigenvalue weighted by Crippen LogP contribution is -2.47. The monoisotopic (exact) mass is 471 g/mol. The molecule has 7 nitrogen and oxygen atoms in total. The van der Waals surface area contributed by atoms with Gasteiger partial charge in [0, 0.05) is 30.4 Å². The van der Waals surface area contributed by atoms with Crippen LogP contribution < -0.4 is 20.3 Å². The Kier molecular flexibility index (Phi) is 7.15. The Morgan fingerprint density at radius 1 is 1.00 bits per heavy atom. The zero-order valence-corrected chi connectivity index (χ0v) is 20.1.